The molecule has 0 unspecified atom stereocenters. The van der Waals surface area contributed by atoms with Gasteiger partial charge in [-0.05, 0) is 32.9 Å². The van der Waals surface area contributed by atoms with Crippen molar-refractivity contribution in [3.63, 3.8) is 0 Å². The van der Waals surface area contributed by atoms with Crippen LogP contribution in [0, 0.1) is 6.92 Å². The summed E-state index contributed by atoms with van der Waals surface area (Å²) in [7, 11) is 0. The molecule has 1 aromatic heterocycles. The number of nitrogens with two attached hydrogens (primary N) is 1. The smallest absolute Gasteiger partial charge is 0.257 e. The van der Waals surface area contributed by atoms with Crippen LogP contribution in [0.25, 0.3) is 11.3 Å². The second-order valence-electron chi connectivity index (χ2n) is 4.88. The maximum absolute atomic E-state index is 12.8. The molecule has 0 bridgehead atoms. The Morgan fingerprint density at radius 1 is 1.27 bits per heavy atom. The van der Waals surface area contributed by atoms with Crippen molar-refractivity contribution in [3.05, 3.63) is 40.5 Å². The molecule has 2 aromatic rings. The Morgan fingerprint density at radius 2 is 1.95 bits per heavy atom. The van der Waals surface area contributed by atoms with Gasteiger partial charge >= 0.3 is 0 Å². The number of aromatic nitrogens is 2. The highest BCUT2D eigenvalue weighted by molar-refractivity contribution is 6.30. The fourth-order valence-corrected chi connectivity index (χ4v) is 2.55. The molecule has 1 amide bonds. The average molecular weight is 319 g/mol. The quantitative estimate of drug-likeness (QED) is 0.939. The van der Waals surface area contributed by atoms with E-state index in [1.807, 2.05) is 26.0 Å². The van der Waals surface area contributed by atoms with Gasteiger partial charge in [0, 0.05) is 23.7 Å². The van der Waals surface area contributed by atoms with Crippen LogP contribution in [0.5, 0.6) is 0 Å². The molecule has 0 fully saturated rings. The summed E-state index contributed by atoms with van der Waals surface area (Å²) in [5, 5.41) is 0.577. The van der Waals surface area contributed by atoms with E-state index in [1.165, 1.54) is 0 Å². The van der Waals surface area contributed by atoms with Crippen molar-refractivity contribution >= 4 is 23.5 Å². The van der Waals surface area contributed by atoms with Gasteiger partial charge < -0.3 is 10.6 Å². The minimum absolute atomic E-state index is 0.0996. The fraction of sp³-hybridized carbons (Fsp3) is 0.312. The van der Waals surface area contributed by atoms with Gasteiger partial charge in [-0.3, -0.25) is 4.79 Å². The summed E-state index contributed by atoms with van der Waals surface area (Å²) in [6.07, 6.45) is 0. The highest BCUT2D eigenvalue weighted by Gasteiger charge is 2.22. The standard InChI is InChI=1S/C16H19ClN4O/c1-4-21(5-2)15(22)13-10(3)19-16(18)20-14(13)11-7-6-8-12(17)9-11/h6-9H,4-5H2,1-3H3,(H2,18,19,20). The molecule has 0 saturated carbocycles. The molecule has 1 heterocycles. The van der Waals surface area contributed by atoms with Crippen LogP contribution in [0.2, 0.25) is 5.02 Å². The van der Waals surface area contributed by atoms with Crippen LogP contribution in [0.15, 0.2) is 24.3 Å². The summed E-state index contributed by atoms with van der Waals surface area (Å²) in [6, 6.07) is 7.21. The molecule has 0 aliphatic carbocycles. The zero-order valence-electron chi connectivity index (χ0n) is 12.9. The first kappa shape index (κ1) is 16.2. The summed E-state index contributed by atoms with van der Waals surface area (Å²) in [5.41, 5.74) is 8.07. The number of aryl methyl sites for hydroxylation is 1. The first-order valence-electron chi connectivity index (χ1n) is 7.17. The first-order chi connectivity index (χ1) is 10.5. The number of rotatable bonds is 4. The number of carbonyl (C=O) groups excluding carboxylic acids is 1. The topological polar surface area (TPSA) is 72.1 Å². The van der Waals surface area contributed by atoms with Gasteiger partial charge in [0.1, 0.15) is 0 Å². The largest absolute Gasteiger partial charge is 0.368 e. The third kappa shape index (κ3) is 3.20. The molecule has 0 radical (unpaired) electrons. The molecular formula is C16H19ClN4O. The van der Waals surface area contributed by atoms with E-state index >= 15 is 0 Å². The molecule has 6 heteroatoms. The van der Waals surface area contributed by atoms with E-state index in [1.54, 1.807) is 24.0 Å². The van der Waals surface area contributed by atoms with Gasteiger partial charge in [-0.15, -0.1) is 0 Å². The minimum Gasteiger partial charge on any atom is -0.368 e. The molecule has 0 aliphatic heterocycles. The summed E-state index contributed by atoms with van der Waals surface area (Å²) in [6.45, 7) is 6.88. The minimum atomic E-state index is -0.0996. The van der Waals surface area contributed by atoms with Crippen molar-refractivity contribution in [2.75, 3.05) is 18.8 Å². The third-order valence-corrected chi connectivity index (χ3v) is 3.70. The normalized spacial score (nSPS) is 10.5. The van der Waals surface area contributed by atoms with E-state index in [9.17, 15) is 4.79 Å². The summed E-state index contributed by atoms with van der Waals surface area (Å²) < 4.78 is 0. The van der Waals surface area contributed by atoms with Crippen LogP contribution in [-0.4, -0.2) is 33.9 Å². The van der Waals surface area contributed by atoms with Crippen molar-refractivity contribution in [1.82, 2.24) is 14.9 Å². The second-order valence-corrected chi connectivity index (χ2v) is 5.32. The lowest BCUT2D eigenvalue weighted by molar-refractivity contribution is 0.0772. The summed E-state index contributed by atoms with van der Waals surface area (Å²) in [5.74, 6) is 0.0426. The van der Waals surface area contributed by atoms with Gasteiger partial charge in [-0.2, -0.15) is 0 Å². The van der Waals surface area contributed by atoms with Crippen molar-refractivity contribution in [1.29, 1.82) is 0 Å². The monoisotopic (exact) mass is 318 g/mol. The number of hydrogen-bond acceptors (Lipinski definition) is 4. The van der Waals surface area contributed by atoms with E-state index < -0.39 is 0 Å². The van der Waals surface area contributed by atoms with Crippen molar-refractivity contribution in [3.8, 4) is 11.3 Å². The van der Waals surface area contributed by atoms with Gasteiger partial charge in [0.05, 0.1) is 17.0 Å². The molecular weight excluding hydrogens is 300 g/mol. The lowest BCUT2D eigenvalue weighted by atomic mass is 10.0. The number of nitrogen functional groups attached to an aromatic ring is 1. The molecule has 5 nitrogen and oxygen atoms in total. The van der Waals surface area contributed by atoms with Crippen LogP contribution < -0.4 is 5.73 Å². The molecule has 0 saturated heterocycles. The van der Waals surface area contributed by atoms with Gasteiger partial charge in [0.2, 0.25) is 5.95 Å². The van der Waals surface area contributed by atoms with Crippen molar-refractivity contribution in [2.45, 2.75) is 20.8 Å². The SMILES string of the molecule is CCN(CC)C(=O)c1c(C)nc(N)nc1-c1cccc(Cl)c1. The van der Waals surface area contributed by atoms with E-state index in [0.29, 0.717) is 35.1 Å². The van der Waals surface area contributed by atoms with Gasteiger partial charge in [-0.1, -0.05) is 23.7 Å². The van der Waals surface area contributed by atoms with Crippen molar-refractivity contribution in [2.24, 2.45) is 0 Å². The number of carbonyl (C=O) groups is 1. The Morgan fingerprint density at radius 3 is 2.55 bits per heavy atom. The highest BCUT2D eigenvalue weighted by atomic mass is 35.5. The van der Waals surface area contributed by atoms with Crippen LogP contribution in [0.4, 0.5) is 5.95 Å². The fourth-order valence-electron chi connectivity index (χ4n) is 2.36. The van der Waals surface area contributed by atoms with Crippen molar-refractivity contribution < 1.29 is 4.79 Å². The Bertz CT molecular complexity index is 699. The van der Waals surface area contributed by atoms with E-state index in [2.05, 4.69) is 9.97 Å². The van der Waals surface area contributed by atoms with E-state index in [4.69, 9.17) is 17.3 Å². The molecule has 116 valence electrons. The summed E-state index contributed by atoms with van der Waals surface area (Å²) >= 11 is 6.05. The lowest BCUT2D eigenvalue weighted by Gasteiger charge is -2.21. The predicted molar refractivity (Wildman–Crippen MR) is 88.9 cm³/mol. The Kier molecular flexibility index (Phi) is 4.98. The Labute approximate surface area is 135 Å². The molecule has 0 atom stereocenters. The van der Waals surface area contributed by atoms with Crippen LogP contribution in [-0.2, 0) is 0 Å². The zero-order valence-corrected chi connectivity index (χ0v) is 13.7. The molecule has 2 rings (SSSR count). The van der Waals surface area contributed by atoms with Gasteiger partial charge in [0.25, 0.3) is 5.91 Å². The maximum atomic E-state index is 12.8. The van der Waals surface area contributed by atoms with E-state index in [0.717, 1.165) is 5.56 Å². The van der Waals surface area contributed by atoms with Crippen LogP contribution >= 0.6 is 11.6 Å². The third-order valence-electron chi connectivity index (χ3n) is 3.47. The number of halogens is 1. The second kappa shape index (κ2) is 6.75. The van der Waals surface area contributed by atoms with Gasteiger partial charge in [0.15, 0.2) is 0 Å². The molecule has 2 N–H and O–H groups in total. The molecule has 0 spiro atoms. The number of amides is 1. The van der Waals surface area contributed by atoms with Gasteiger partial charge in [-0.25, -0.2) is 9.97 Å². The Balaban J connectivity index is 2.65. The molecule has 22 heavy (non-hydrogen) atoms. The lowest BCUT2D eigenvalue weighted by Crippen LogP contribution is -2.32. The maximum Gasteiger partial charge on any atom is 0.257 e. The van der Waals surface area contributed by atoms with Crippen LogP contribution in [0.1, 0.15) is 29.9 Å². The number of hydrogen-bond donors (Lipinski definition) is 1. The van der Waals surface area contributed by atoms with E-state index in [-0.39, 0.29) is 11.9 Å². The molecule has 1 aromatic carbocycles. The number of benzene rings is 1. The van der Waals surface area contributed by atoms with Crippen LogP contribution in [0.3, 0.4) is 0 Å². The average Bonchev–Trinajstić information content (AvgIpc) is 2.47. The Hall–Kier alpha value is -2.14. The predicted octanol–water partition coefficient (Wildman–Crippen LogP) is 3.17. The number of anilines is 1. The summed E-state index contributed by atoms with van der Waals surface area (Å²) in [4.78, 5) is 22.9. The number of nitrogens with zero attached hydrogens (tertiary/aromatic N) is 3. The molecule has 0 aliphatic rings. The first-order valence-corrected chi connectivity index (χ1v) is 7.55. The highest BCUT2D eigenvalue weighted by Crippen LogP contribution is 2.27. The zero-order chi connectivity index (χ0) is 16.3.